The van der Waals surface area contributed by atoms with Crippen LogP contribution in [0, 0.1) is 5.21 Å². The Balaban J connectivity index is 1.88. The molecule has 8 heteroatoms. The van der Waals surface area contributed by atoms with Gasteiger partial charge in [0.25, 0.3) is 5.91 Å². The number of pyridine rings is 1. The Morgan fingerprint density at radius 1 is 1.14 bits per heavy atom. The Morgan fingerprint density at radius 2 is 1.82 bits per heavy atom. The molecule has 1 amide bonds. The van der Waals surface area contributed by atoms with Crippen LogP contribution in [0.2, 0.25) is 10.0 Å². The lowest BCUT2D eigenvalue weighted by Gasteiger charge is -2.07. The molecule has 1 N–H and O–H groups in total. The highest BCUT2D eigenvalue weighted by atomic mass is 35.5. The summed E-state index contributed by atoms with van der Waals surface area (Å²) in [7, 11) is 0. The molecule has 1 heterocycles. The number of carbonyl (C=O) groups is 2. The van der Waals surface area contributed by atoms with Gasteiger partial charge in [0.2, 0.25) is 0 Å². The normalized spacial score (nSPS) is 10.1. The van der Waals surface area contributed by atoms with E-state index in [1.807, 2.05) is 0 Å². The third-order valence-corrected chi connectivity index (χ3v) is 3.31. The number of carbonyl (C=O) groups excluding carboxylic acids is 2. The highest BCUT2D eigenvalue weighted by Gasteiger charge is 2.11. The first kappa shape index (κ1) is 16.1. The second-order valence-corrected chi connectivity index (χ2v) is 5.01. The molecule has 2 aromatic rings. The summed E-state index contributed by atoms with van der Waals surface area (Å²) in [6, 6.07) is 7.18. The number of amides is 1. The molecule has 0 atom stereocenters. The average Bonchev–Trinajstić information content (AvgIpc) is 2.49. The molecule has 0 bridgehead atoms. The lowest BCUT2D eigenvalue weighted by atomic mass is 10.3. The van der Waals surface area contributed by atoms with Crippen LogP contribution in [0.1, 0.15) is 10.4 Å². The molecule has 0 aliphatic rings. The van der Waals surface area contributed by atoms with Gasteiger partial charge in [-0.25, -0.2) is 4.79 Å². The van der Waals surface area contributed by atoms with Gasteiger partial charge in [0.05, 0.1) is 15.6 Å². The monoisotopic (exact) mass is 340 g/mol. The van der Waals surface area contributed by atoms with Gasteiger partial charge >= 0.3 is 5.97 Å². The van der Waals surface area contributed by atoms with Crippen molar-refractivity contribution >= 4 is 40.8 Å². The second-order valence-electron chi connectivity index (χ2n) is 4.20. The molecule has 0 fully saturated rings. The van der Waals surface area contributed by atoms with E-state index >= 15 is 0 Å². The summed E-state index contributed by atoms with van der Waals surface area (Å²) >= 11 is 11.6. The number of nitrogens with one attached hydrogen (secondary N) is 1. The van der Waals surface area contributed by atoms with Gasteiger partial charge in [-0.3, -0.25) is 4.79 Å². The maximum Gasteiger partial charge on any atom is 0.339 e. The SMILES string of the molecule is O=C(COC(=O)c1cc[n+]([O-])cc1)Nc1ccc(Cl)c(Cl)c1. The number of rotatable bonds is 4. The first-order valence-electron chi connectivity index (χ1n) is 6.06. The number of esters is 1. The molecule has 1 aromatic carbocycles. The van der Waals surface area contributed by atoms with Crippen LogP contribution in [0.15, 0.2) is 42.7 Å². The van der Waals surface area contributed by atoms with Gasteiger partial charge in [0.1, 0.15) is 0 Å². The first-order valence-corrected chi connectivity index (χ1v) is 6.82. The molecule has 0 aliphatic heterocycles. The minimum atomic E-state index is -0.704. The zero-order chi connectivity index (χ0) is 16.1. The summed E-state index contributed by atoms with van der Waals surface area (Å²) in [5, 5.41) is 14.0. The molecular weight excluding hydrogens is 331 g/mol. The average molecular weight is 341 g/mol. The fourth-order valence-corrected chi connectivity index (χ4v) is 1.83. The van der Waals surface area contributed by atoms with Crippen molar-refractivity contribution in [2.24, 2.45) is 0 Å². The minimum absolute atomic E-state index is 0.175. The number of hydrogen-bond donors (Lipinski definition) is 1. The summed E-state index contributed by atoms with van der Waals surface area (Å²) in [5.41, 5.74) is 0.608. The van der Waals surface area contributed by atoms with Crippen LogP contribution in [-0.2, 0) is 9.53 Å². The van der Waals surface area contributed by atoms with E-state index in [0.717, 1.165) is 12.4 Å². The van der Waals surface area contributed by atoms with Crippen molar-refractivity contribution in [1.82, 2.24) is 0 Å². The molecule has 0 radical (unpaired) electrons. The summed E-state index contributed by atoms with van der Waals surface area (Å²) in [6.07, 6.45) is 2.32. The Labute approximate surface area is 135 Å². The van der Waals surface area contributed by atoms with Crippen molar-refractivity contribution in [3.05, 3.63) is 63.5 Å². The molecule has 0 spiro atoms. The molecule has 0 unspecified atom stereocenters. The highest BCUT2D eigenvalue weighted by Crippen LogP contribution is 2.24. The van der Waals surface area contributed by atoms with Crippen LogP contribution in [0.5, 0.6) is 0 Å². The third-order valence-electron chi connectivity index (χ3n) is 2.58. The highest BCUT2D eigenvalue weighted by molar-refractivity contribution is 6.42. The number of halogens is 2. The van der Waals surface area contributed by atoms with Crippen LogP contribution < -0.4 is 10.0 Å². The van der Waals surface area contributed by atoms with Crippen LogP contribution in [-0.4, -0.2) is 18.5 Å². The van der Waals surface area contributed by atoms with Crippen molar-refractivity contribution in [2.75, 3.05) is 11.9 Å². The van der Waals surface area contributed by atoms with E-state index in [9.17, 15) is 14.8 Å². The topological polar surface area (TPSA) is 82.3 Å². The van der Waals surface area contributed by atoms with E-state index in [2.05, 4.69) is 5.32 Å². The molecule has 22 heavy (non-hydrogen) atoms. The van der Waals surface area contributed by atoms with Gasteiger partial charge in [0.15, 0.2) is 19.0 Å². The lowest BCUT2D eigenvalue weighted by Crippen LogP contribution is -2.25. The predicted molar refractivity (Wildman–Crippen MR) is 80.8 cm³/mol. The number of aromatic nitrogens is 1. The van der Waals surface area contributed by atoms with E-state index in [-0.39, 0.29) is 5.56 Å². The third kappa shape index (κ3) is 4.34. The smallest absolute Gasteiger partial charge is 0.339 e. The van der Waals surface area contributed by atoms with E-state index in [1.54, 1.807) is 6.07 Å². The Bertz CT molecular complexity index is 704. The minimum Gasteiger partial charge on any atom is -0.619 e. The summed E-state index contributed by atoms with van der Waals surface area (Å²) in [4.78, 5) is 23.3. The van der Waals surface area contributed by atoms with Crippen LogP contribution in [0.25, 0.3) is 0 Å². The molecule has 2 rings (SSSR count). The summed E-state index contributed by atoms with van der Waals surface area (Å²) in [6.45, 7) is -0.467. The maximum absolute atomic E-state index is 11.7. The molecular formula is C14H10Cl2N2O4. The van der Waals surface area contributed by atoms with Crippen molar-refractivity contribution < 1.29 is 19.1 Å². The van der Waals surface area contributed by atoms with E-state index < -0.39 is 18.5 Å². The number of ether oxygens (including phenoxy) is 1. The fourth-order valence-electron chi connectivity index (χ4n) is 1.53. The summed E-state index contributed by atoms with van der Waals surface area (Å²) in [5.74, 6) is -1.23. The Kier molecular flexibility index (Phi) is 5.19. The van der Waals surface area contributed by atoms with Crippen molar-refractivity contribution in [1.29, 1.82) is 0 Å². The van der Waals surface area contributed by atoms with Gasteiger partial charge in [-0.15, -0.1) is 0 Å². The molecule has 1 aromatic heterocycles. The lowest BCUT2D eigenvalue weighted by molar-refractivity contribution is -0.605. The first-order chi connectivity index (χ1) is 10.5. The molecule has 6 nitrogen and oxygen atoms in total. The van der Waals surface area contributed by atoms with Gasteiger partial charge < -0.3 is 15.3 Å². The van der Waals surface area contributed by atoms with Gasteiger partial charge in [-0.2, -0.15) is 4.73 Å². The van der Waals surface area contributed by atoms with Crippen molar-refractivity contribution in [3.63, 3.8) is 0 Å². The molecule has 0 aliphatic carbocycles. The number of nitrogens with zero attached hydrogens (tertiary/aromatic N) is 1. The Hall–Kier alpha value is -2.31. The Morgan fingerprint density at radius 3 is 2.45 bits per heavy atom. The maximum atomic E-state index is 11.7. The fraction of sp³-hybridized carbons (Fsp3) is 0.0714. The number of benzene rings is 1. The van der Waals surface area contributed by atoms with Crippen LogP contribution >= 0.6 is 23.2 Å². The van der Waals surface area contributed by atoms with Crippen molar-refractivity contribution in [2.45, 2.75) is 0 Å². The summed E-state index contributed by atoms with van der Waals surface area (Å²) < 4.78 is 5.37. The van der Waals surface area contributed by atoms with Gasteiger partial charge in [-0.1, -0.05) is 23.2 Å². The zero-order valence-electron chi connectivity index (χ0n) is 11.1. The predicted octanol–water partition coefficient (Wildman–Crippen LogP) is 2.42. The number of hydrogen-bond acceptors (Lipinski definition) is 4. The van der Waals surface area contributed by atoms with Gasteiger partial charge in [0, 0.05) is 17.8 Å². The largest absolute Gasteiger partial charge is 0.619 e. The zero-order valence-corrected chi connectivity index (χ0v) is 12.6. The van der Waals surface area contributed by atoms with Crippen LogP contribution in [0.4, 0.5) is 5.69 Å². The van der Waals surface area contributed by atoms with E-state index in [1.165, 1.54) is 24.3 Å². The van der Waals surface area contributed by atoms with Crippen molar-refractivity contribution in [3.8, 4) is 0 Å². The second kappa shape index (κ2) is 7.11. The molecule has 0 saturated carbocycles. The standard InChI is InChI=1S/C14H10Cl2N2O4/c15-11-2-1-10(7-12(11)16)17-13(19)8-22-14(20)9-3-5-18(21)6-4-9/h1-7H,8H2,(H,17,19). The molecule has 0 saturated heterocycles. The van der Waals surface area contributed by atoms with E-state index in [4.69, 9.17) is 27.9 Å². The van der Waals surface area contributed by atoms with E-state index in [0.29, 0.717) is 20.5 Å². The quantitative estimate of drug-likeness (QED) is 0.526. The number of anilines is 1. The van der Waals surface area contributed by atoms with Gasteiger partial charge in [-0.05, 0) is 18.2 Å². The molecule has 114 valence electrons. The van der Waals surface area contributed by atoms with Crippen LogP contribution in [0.3, 0.4) is 0 Å².